The molecule has 0 spiro atoms. The van der Waals surface area contributed by atoms with E-state index in [2.05, 4.69) is 33.1 Å². The molecular formula is C17H27BrN2O2. The molecule has 0 unspecified atom stereocenters. The van der Waals surface area contributed by atoms with Gasteiger partial charge in [0.1, 0.15) is 5.75 Å². The van der Waals surface area contributed by atoms with Crippen LogP contribution >= 0.6 is 15.9 Å². The van der Waals surface area contributed by atoms with Gasteiger partial charge in [-0.1, -0.05) is 6.92 Å². The molecule has 4 nitrogen and oxygen atoms in total. The summed E-state index contributed by atoms with van der Waals surface area (Å²) in [4.78, 5) is 14.4. The highest BCUT2D eigenvalue weighted by atomic mass is 79.9. The number of ether oxygens (including phenoxy) is 1. The third kappa shape index (κ3) is 6.36. The number of hydrogen-bond donors (Lipinski definition) is 1. The van der Waals surface area contributed by atoms with E-state index in [0.717, 1.165) is 23.9 Å². The summed E-state index contributed by atoms with van der Waals surface area (Å²) in [6, 6.07) is 5.45. The zero-order valence-corrected chi connectivity index (χ0v) is 15.8. The van der Waals surface area contributed by atoms with Crippen LogP contribution in [0.1, 0.15) is 44.0 Å². The van der Waals surface area contributed by atoms with Crippen LogP contribution in [0, 0.1) is 0 Å². The quantitative estimate of drug-likeness (QED) is 0.709. The molecule has 1 aromatic rings. The van der Waals surface area contributed by atoms with Gasteiger partial charge in [0, 0.05) is 17.6 Å². The van der Waals surface area contributed by atoms with Gasteiger partial charge < -0.3 is 15.0 Å². The minimum absolute atomic E-state index is 0.0718. The number of nitrogens with one attached hydrogen (secondary N) is 1. The molecule has 124 valence electrons. The van der Waals surface area contributed by atoms with Crippen molar-refractivity contribution in [1.82, 2.24) is 10.2 Å². The molecule has 0 heterocycles. The number of nitrogens with zero attached hydrogens (tertiary/aromatic N) is 1. The molecule has 1 amide bonds. The Morgan fingerprint density at radius 2 is 2.05 bits per heavy atom. The van der Waals surface area contributed by atoms with E-state index < -0.39 is 0 Å². The molecule has 0 bridgehead atoms. The summed E-state index contributed by atoms with van der Waals surface area (Å²) in [5, 5.41) is 3.03. The molecule has 1 N–H and O–H groups in total. The van der Waals surface area contributed by atoms with Gasteiger partial charge in [-0.25, -0.2) is 0 Å². The predicted molar refractivity (Wildman–Crippen MR) is 94.6 cm³/mol. The smallest absolute Gasteiger partial charge is 0.251 e. The van der Waals surface area contributed by atoms with E-state index in [1.807, 2.05) is 34.0 Å². The van der Waals surface area contributed by atoms with Crippen LogP contribution in [-0.2, 0) is 0 Å². The SMILES string of the molecule is CCC(C)(C)NC(=O)c1ccc(Br)c(OCCCN(C)C)c1. The lowest BCUT2D eigenvalue weighted by molar-refractivity contribution is 0.0910. The molecule has 0 aromatic heterocycles. The highest BCUT2D eigenvalue weighted by Gasteiger charge is 2.19. The monoisotopic (exact) mass is 370 g/mol. The molecule has 0 saturated heterocycles. The molecule has 0 saturated carbocycles. The highest BCUT2D eigenvalue weighted by Crippen LogP contribution is 2.26. The van der Waals surface area contributed by atoms with Crippen LogP contribution in [0.5, 0.6) is 5.75 Å². The van der Waals surface area contributed by atoms with Crippen molar-refractivity contribution in [3.63, 3.8) is 0 Å². The Balaban J connectivity index is 2.70. The van der Waals surface area contributed by atoms with Crippen molar-refractivity contribution >= 4 is 21.8 Å². The minimum Gasteiger partial charge on any atom is -0.492 e. The number of carbonyl (C=O) groups excluding carboxylic acids is 1. The lowest BCUT2D eigenvalue weighted by Gasteiger charge is -2.24. The summed E-state index contributed by atoms with van der Waals surface area (Å²) in [5.74, 6) is 0.637. The number of amides is 1. The second-order valence-electron chi connectivity index (χ2n) is 6.34. The maximum atomic E-state index is 12.3. The summed E-state index contributed by atoms with van der Waals surface area (Å²) in [7, 11) is 4.08. The van der Waals surface area contributed by atoms with Crippen LogP contribution in [0.4, 0.5) is 0 Å². The van der Waals surface area contributed by atoms with E-state index in [1.165, 1.54) is 0 Å². The predicted octanol–water partition coefficient (Wildman–Crippen LogP) is 3.70. The molecule has 1 rings (SSSR count). The van der Waals surface area contributed by atoms with E-state index >= 15 is 0 Å². The maximum Gasteiger partial charge on any atom is 0.251 e. The van der Waals surface area contributed by atoms with Gasteiger partial charge in [-0.2, -0.15) is 0 Å². The topological polar surface area (TPSA) is 41.6 Å². The first-order valence-electron chi connectivity index (χ1n) is 7.65. The highest BCUT2D eigenvalue weighted by molar-refractivity contribution is 9.10. The third-order valence-electron chi connectivity index (χ3n) is 3.54. The van der Waals surface area contributed by atoms with Gasteiger partial charge in [-0.3, -0.25) is 4.79 Å². The maximum absolute atomic E-state index is 12.3. The van der Waals surface area contributed by atoms with Gasteiger partial charge >= 0.3 is 0 Å². The van der Waals surface area contributed by atoms with Crippen LogP contribution in [-0.4, -0.2) is 43.6 Å². The Kier molecular flexibility index (Phi) is 7.36. The number of rotatable bonds is 8. The van der Waals surface area contributed by atoms with Crippen molar-refractivity contribution in [1.29, 1.82) is 0 Å². The van der Waals surface area contributed by atoms with Crippen LogP contribution in [0.15, 0.2) is 22.7 Å². The van der Waals surface area contributed by atoms with Crippen molar-refractivity contribution in [3.05, 3.63) is 28.2 Å². The van der Waals surface area contributed by atoms with E-state index in [9.17, 15) is 4.79 Å². The van der Waals surface area contributed by atoms with Gasteiger partial charge in [0.15, 0.2) is 0 Å². The number of halogens is 1. The lowest BCUT2D eigenvalue weighted by Crippen LogP contribution is -2.42. The Morgan fingerprint density at radius 1 is 1.36 bits per heavy atom. The molecule has 0 aliphatic rings. The molecule has 1 aromatic carbocycles. The van der Waals surface area contributed by atoms with Gasteiger partial charge in [0.05, 0.1) is 11.1 Å². The van der Waals surface area contributed by atoms with E-state index in [1.54, 1.807) is 12.1 Å². The Hall–Kier alpha value is -1.07. The van der Waals surface area contributed by atoms with E-state index in [-0.39, 0.29) is 11.4 Å². The van der Waals surface area contributed by atoms with Gasteiger partial charge in [-0.05, 0) is 74.9 Å². The van der Waals surface area contributed by atoms with Gasteiger partial charge in [0.2, 0.25) is 0 Å². The second-order valence-corrected chi connectivity index (χ2v) is 7.20. The molecule has 0 atom stereocenters. The van der Waals surface area contributed by atoms with Crippen LogP contribution in [0.2, 0.25) is 0 Å². The Morgan fingerprint density at radius 3 is 2.64 bits per heavy atom. The summed E-state index contributed by atoms with van der Waals surface area (Å²) >= 11 is 3.47. The first-order valence-corrected chi connectivity index (χ1v) is 8.44. The van der Waals surface area contributed by atoms with Crippen molar-refractivity contribution in [2.24, 2.45) is 0 Å². The fourth-order valence-corrected chi connectivity index (χ4v) is 2.15. The lowest BCUT2D eigenvalue weighted by atomic mass is 10.0. The number of benzene rings is 1. The van der Waals surface area contributed by atoms with Crippen LogP contribution < -0.4 is 10.1 Å². The van der Waals surface area contributed by atoms with Crippen molar-refractivity contribution in [2.45, 2.75) is 39.2 Å². The van der Waals surface area contributed by atoms with Gasteiger partial charge in [-0.15, -0.1) is 0 Å². The molecule has 0 aliphatic carbocycles. The molecular weight excluding hydrogens is 344 g/mol. The summed E-state index contributed by atoms with van der Waals surface area (Å²) in [6.45, 7) is 7.69. The van der Waals surface area contributed by atoms with Crippen LogP contribution in [0.3, 0.4) is 0 Å². The second kappa shape index (κ2) is 8.53. The molecule has 0 aliphatic heterocycles. The largest absolute Gasteiger partial charge is 0.492 e. The fraction of sp³-hybridized carbons (Fsp3) is 0.588. The molecule has 5 heteroatoms. The first-order chi connectivity index (χ1) is 10.2. The average Bonchev–Trinajstić information content (AvgIpc) is 2.44. The van der Waals surface area contributed by atoms with Crippen molar-refractivity contribution < 1.29 is 9.53 Å². The Bertz CT molecular complexity index is 501. The normalized spacial score (nSPS) is 11.6. The summed E-state index contributed by atoms with van der Waals surface area (Å²) in [5.41, 5.74) is 0.406. The zero-order valence-electron chi connectivity index (χ0n) is 14.2. The number of carbonyl (C=O) groups is 1. The zero-order chi connectivity index (χ0) is 16.8. The Labute approximate surface area is 142 Å². The molecule has 0 radical (unpaired) electrons. The van der Waals surface area contributed by atoms with E-state index in [0.29, 0.717) is 17.9 Å². The summed E-state index contributed by atoms with van der Waals surface area (Å²) in [6.07, 6.45) is 1.82. The molecule has 22 heavy (non-hydrogen) atoms. The molecule has 0 fully saturated rings. The number of hydrogen-bond acceptors (Lipinski definition) is 3. The first kappa shape index (κ1) is 19.0. The van der Waals surface area contributed by atoms with E-state index in [4.69, 9.17) is 4.74 Å². The summed E-state index contributed by atoms with van der Waals surface area (Å²) < 4.78 is 6.65. The third-order valence-corrected chi connectivity index (χ3v) is 4.19. The van der Waals surface area contributed by atoms with Gasteiger partial charge in [0.25, 0.3) is 5.91 Å². The average molecular weight is 371 g/mol. The standard InChI is InChI=1S/C17H27BrN2O2/c1-6-17(2,3)19-16(21)13-8-9-14(18)15(12-13)22-11-7-10-20(4)5/h8-9,12H,6-7,10-11H2,1-5H3,(H,19,21). The fourth-order valence-electron chi connectivity index (χ4n) is 1.79. The van der Waals surface area contributed by atoms with Crippen molar-refractivity contribution in [2.75, 3.05) is 27.2 Å². The van der Waals surface area contributed by atoms with Crippen LogP contribution in [0.25, 0.3) is 0 Å². The minimum atomic E-state index is -0.211. The van der Waals surface area contributed by atoms with Crippen molar-refractivity contribution in [3.8, 4) is 5.75 Å².